The zero-order valence-corrected chi connectivity index (χ0v) is 15.4. The molecule has 0 heterocycles. The van der Waals surface area contributed by atoms with E-state index in [2.05, 4.69) is 10.2 Å². The summed E-state index contributed by atoms with van der Waals surface area (Å²) in [5, 5.41) is 12.3. The van der Waals surface area contributed by atoms with Crippen molar-refractivity contribution in [1.29, 1.82) is 0 Å². The van der Waals surface area contributed by atoms with Crippen LogP contribution in [-0.2, 0) is 9.53 Å². The summed E-state index contributed by atoms with van der Waals surface area (Å²) in [4.78, 5) is 16.7. The monoisotopic (exact) mass is 363 g/mol. The van der Waals surface area contributed by atoms with Crippen molar-refractivity contribution in [3.63, 3.8) is 0 Å². The predicted octanol–water partition coefficient (Wildman–Crippen LogP) is -3.74. The highest BCUT2D eigenvalue weighted by atomic mass is 16.6. The molecule has 0 fully saturated rings. The third-order valence-corrected chi connectivity index (χ3v) is 3.86. The van der Waals surface area contributed by atoms with Gasteiger partial charge in [0.25, 0.3) is 0 Å². The van der Waals surface area contributed by atoms with Crippen molar-refractivity contribution in [3.8, 4) is 0 Å². The summed E-state index contributed by atoms with van der Waals surface area (Å²) in [6, 6.07) is -0.412. The molecule has 0 radical (unpaired) electrons. The molecule has 10 heteroatoms. The molecule has 0 saturated heterocycles. The second-order valence-electron chi connectivity index (χ2n) is 5.78. The number of nitrogens with two attached hydrogens (primary N) is 4. The Morgan fingerprint density at radius 3 is 2.00 bits per heavy atom. The van der Waals surface area contributed by atoms with Crippen LogP contribution in [0.2, 0.25) is 0 Å². The van der Waals surface area contributed by atoms with Gasteiger partial charge in [0.2, 0.25) is 5.91 Å². The lowest BCUT2D eigenvalue weighted by atomic mass is 10.2. The number of carbonyl (C=O) groups excluding carboxylic acids is 1. The molecular formula is C15H37N7O3. The number of aliphatic hydroxyl groups excluding tert-OH is 1. The molecule has 0 rings (SSSR count). The van der Waals surface area contributed by atoms with Gasteiger partial charge in [-0.1, -0.05) is 0 Å². The maximum atomic E-state index is 12.7. The van der Waals surface area contributed by atoms with Crippen molar-refractivity contribution >= 4 is 5.91 Å². The van der Waals surface area contributed by atoms with Gasteiger partial charge in [0.05, 0.1) is 0 Å². The molecule has 0 bridgehead atoms. The fraction of sp³-hybridized carbons (Fsp3) is 0.933. The highest BCUT2D eigenvalue weighted by molar-refractivity contribution is 5.82. The van der Waals surface area contributed by atoms with Gasteiger partial charge in [-0.15, -0.1) is 0 Å². The number of methoxy groups -OCH3 is 1. The van der Waals surface area contributed by atoms with E-state index in [1.165, 1.54) is 7.11 Å². The van der Waals surface area contributed by atoms with Crippen LogP contribution in [0.3, 0.4) is 0 Å². The van der Waals surface area contributed by atoms with Crippen LogP contribution in [0.25, 0.3) is 0 Å². The van der Waals surface area contributed by atoms with E-state index >= 15 is 0 Å². The number of ether oxygens (including phenoxy) is 1. The molecule has 0 aromatic heterocycles. The van der Waals surface area contributed by atoms with Crippen LogP contribution in [0.4, 0.5) is 0 Å². The van der Waals surface area contributed by atoms with Gasteiger partial charge in [0.15, 0.2) is 6.29 Å². The molecule has 2 atom stereocenters. The van der Waals surface area contributed by atoms with E-state index in [0.29, 0.717) is 71.9 Å². The highest BCUT2D eigenvalue weighted by Crippen LogP contribution is 2.04. The van der Waals surface area contributed by atoms with E-state index in [-0.39, 0.29) is 5.91 Å². The van der Waals surface area contributed by atoms with E-state index in [4.69, 9.17) is 27.7 Å². The third-order valence-electron chi connectivity index (χ3n) is 3.86. The Morgan fingerprint density at radius 1 is 1.04 bits per heavy atom. The molecule has 10 N–H and O–H groups in total. The van der Waals surface area contributed by atoms with Gasteiger partial charge >= 0.3 is 0 Å². The van der Waals surface area contributed by atoms with Crippen LogP contribution >= 0.6 is 0 Å². The zero-order chi connectivity index (χ0) is 19.1. The number of carbonyl (C=O) groups is 1. The van der Waals surface area contributed by atoms with E-state index in [1.807, 2.05) is 4.90 Å². The normalized spacial score (nSPS) is 14.1. The van der Waals surface area contributed by atoms with Crippen molar-refractivity contribution in [3.05, 3.63) is 0 Å². The van der Waals surface area contributed by atoms with Gasteiger partial charge in [-0.3, -0.25) is 14.6 Å². The first-order chi connectivity index (χ1) is 12.0. The van der Waals surface area contributed by atoms with Gasteiger partial charge in [0.1, 0.15) is 6.04 Å². The number of nitrogens with one attached hydrogen (secondary N) is 1. The Morgan fingerprint density at radius 2 is 1.56 bits per heavy atom. The first kappa shape index (κ1) is 24.1. The number of hydrogen-bond donors (Lipinski definition) is 6. The van der Waals surface area contributed by atoms with E-state index in [1.54, 1.807) is 0 Å². The molecule has 0 aromatic rings. The second kappa shape index (κ2) is 15.4. The van der Waals surface area contributed by atoms with E-state index in [9.17, 15) is 9.90 Å². The molecule has 150 valence electrons. The summed E-state index contributed by atoms with van der Waals surface area (Å²) in [7, 11) is 1.41. The molecule has 1 amide bonds. The van der Waals surface area contributed by atoms with Crippen molar-refractivity contribution in [1.82, 2.24) is 15.1 Å². The molecule has 10 nitrogen and oxygen atoms in total. The fourth-order valence-electron chi connectivity index (χ4n) is 2.58. The minimum absolute atomic E-state index is 0.135. The van der Waals surface area contributed by atoms with Crippen molar-refractivity contribution in [2.75, 3.05) is 72.6 Å². The SMILES string of the molecule is COC(O)CCNC(=O)C(CN(CCN)CCN)N(CCN)CCN. The lowest BCUT2D eigenvalue weighted by Gasteiger charge is -2.34. The van der Waals surface area contributed by atoms with Gasteiger partial charge < -0.3 is 38.1 Å². The average molecular weight is 364 g/mol. The second-order valence-corrected chi connectivity index (χ2v) is 5.78. The summed E-state index contributed by atoms with van der Waals surface area (Å²) >= 11 is 0. The summed E-state index contributed by atoms with van der Waals surface area (Å²) in [6.07, 6.45) is -0.577. The van der Waals surface area contributed by atoms with E-state index in [0.717, 1.165) is 0 Å². The third kappa shape index (κ3) is 10.7. The van der Waals surface area contributed by atoms with Crippen LogP contribution in [0.15, 0.2) is 0 Å². The zero-order valence-electron chi connectivity index (χ0n) is 15.4. The minimum atomic E-state index is -0.895. The van der Waals surface area contributed by atoms with Gasteiger partial charge in [-0.25, -0.2) is 0 Å². The average Bonchev–Trinajstić information content (AvgIpc) is 2.59. The van der Waals surface area contributed by atoms with Crippen molar-refractivity contribution < 1.29 is 14.6 Å². The number of nitrogens with zero attached hydrogens (tertiary/aromatic N) is 2. The Kier molecular flexibility index (Phi) is 14.9. The molecular weight excluding hydrogens is 326 g/mol. The quantitative estimate of drug-likeness (QED) is 0.151. The summed E-state index contributed by atoms with van der Waals surface area (Å²) in [5.74, 6) is -0.135. The van der Waals surface area contributed by atoms with Gasteiger partial charge in [-0.2, -0.15) is 0 Å². The summed E-state index contributed by atoms with van der Waals surface area (Å²) in [6.45, 7) is 5.09. The molecule has 0 spiro atoms. The minimum Gasteiger partial charge on any atom is -0.368 e. The largest absolute Gasteiger partial charge is 0.368 e. The number of hydrogen-bond acceptors (Lipinski definition) is 9. The molecule has 0 aliphatic rings. The number of aliphatic hydroxyl groups is 1. The maximum absolute atomic E-state index is 12.7. The van der Waals surface area contributed by atoms with Crippen molar-refractivity contribution in [2.45, 2.75) is 18.8 Å². The van der Waals surface area contributed by atoms with E-state index < -0.39 is 12.3 Å². The van der Waals surface area contributed by atoms with Gasteiger partial charge in [0, 0.05) is 79.0 Å². The molecule has 0 aromatic carbocycles. The van der Waals surface area contributed by atoms with Crippen molar-refractivity contribution in [2.24, 2.45) is 22.9 Å². The lowest BCUT2D eigenvalue weighted by molar-refractivity contribution is -0.127. The molecule has 0 aliphatic carbocycles. The van der Waals surface area contributed by atoms with Crippen LogP contribution in [-0.4, -0.2) is 106 Å². The van der Waals surface area contributed by atoms with Crippen LogP contribution in [0.5, 0.6) is 0 Å². The topological polar surface area (TPSA) is 169 Å². The smallest absolute Gasteiger partial charge is 0.238 e. The highest BCUT2D eigenvalue weighted by Gasteiger charge is 2.27. The Labute approximate surface area is 150 Å². The summed E-state index contributed by atoms with van der Waals surface area (Å²) < 4.78 is 4.77. The molecule has 2 unspecified atom stereocenters. The standard InChI is InChI=1S/C15H37N7O3/c1-25-14(23)2-7-20-15(24)13(22(10-5-18)11-6-19)12-21(8-3-16)9-4-17/h13-14,23H,2-12,16-19H2,1H3,(H,20,24). The predicted molar refractivity (Wildman–Crippen MR) is 98.7 cm³/mol. The Hall–Kier alpha value is -0.850. The maximum Gasteiger partial charge on any atom is 0.238 e. The summed E-state index contributed by atoms with van der Waals surface area (Å²) in [5.41, 5.74) is 22.7. The Balaban J connectivity index is 4.97. The van der Waals surface area contributed by atoms with Crippen LogP contribution in [0.1, 0.15) is 6.42 Å². The Bertz CT molecular complexity index is 324. The fourth-order valence-corrected chi connectivity index (χ4v) is 2.58. The first-order valence-corrected chi connectivity index (χ1v) is 8.79. The van der Waals surface area contributed by atoms with Crippen LogP contribution < -0.4 is 28.3 Å². The lowest BCUT2D eigenvalue weighted by Crippen LogP contribution is -2.56. The first-order valence-electron chi connectivity index (χ1n) is 8.79. The molecule has 25 heavy (non-hydrogen) atoms. The molecule has 0 saturated carbocycles. The number of rotatable bonds is 16. The van der Waals surface area contributed by atoms with Gasteiger partial charge in [-0.05, 0) is 0 Å². The van der Waals surface area contributed by atoms with Crippen LogP contribution in [0, 0.1) is 0 Å². The number of amides is 1. The molecule has 0 aliphatic heterocycles.